The van der Waals surface area contributed by atoms with Crippen LogP contribution in [-0.2, 0) is 14.9 Å². The molecular weight excluding hydrogens is 352 g/mol. The Labute approximate surface area is 158 Å². The van der Waals surface area contributed by atoms with Crippen molar-refractivity contribution >= 4 is 23.2 Å². The molecule has 0 atom stereocenters. The van der Waals surface area contributed by atoms with Gasteiger partial charge in [-0.05, 0) is 50.5 Å². The van der Waals surface area contributed by atoms with Gasteiger partial charge < -0.3 is 14.8 Å². The number of benzene rings is 1. The van der Waals surface area contributed by atoms with Crippen molar-refractivity contribution in [2.24, 2.45) is 0 Å². The topological polar surface area (TPSA) is 60.5 Å². The summed E-state index contributed by atoms with van der Waals surface area (Å²) in [5.41, 5.74) is 1.74. The van der Waals surface area contributed by atoms with E-state index in [1.807, 2.05) is 44.2 Å². The van der Waals surface area contributed by atoms with Crippen LogP contribution in [0, 0.1) is 6.92 Å². The summed E-state index contributed by atoms with van der Waals surface area (Å²) in [5.74, 6) is 0.513. The van der Waals surface area contributed by atoms with Crippen molar-refractivity contribution in [3.8, 4) is 5.88 Å². The minimum atomic E-state index is -0.631. The summed E-state index contributed by atoms with van der Waals surface area (Å²) in [7, 11) is 0. The number of aromatic nitrogens is 1. The first-order valence-electron chi connectivity index (χ1n) is 8.81. The number of rotatable bonds is 5. The Hall–Kier alpha value is -2.11. The van der Waals surface area contributed by atoms with E-state index in [9.17, 15) is 4.79 Å². The largest absolute Gasteiger partial charge is 0.478 e. The third-order valence-electron chi connectivity index (χ3n) is 4.78. The van der Waals surface area contributed by atoms with Crippen LogP contribution in [0.3, 0.4) is 0 Å². The number of pyridine rings is 1. The lowest BCUT2D eigenvalue weighted by atomic mass is 9.73. The molecule has 1 aromatic carbocycles. The molecule has 1 saturated heterocycles. The fourth-order valence-corrected chi connectivity index (χ4v) is 3.40. The van der Waals surface area contributed by atoms with E-state index in [0.717, 1.165) is 11.3 Å². The molecule has 1 aromatic heterocycles. The number of nitrogens with one attached hydrogen (secondary N) is 1. The minimum Gasteiger partial charge on any atom is -0.478 e. The van der Waals surface area contributed by atoms with Gasteiger partial charge in [0.2, 0.25) is 11.8 Å². The molecule has 0 spiro atoms. The van der Waals surface area contributed by atoms with Crippen LogP contribution in [0.1, 0.15) is 31.0 Å². The molecule has 1 fully saturated rings. The van der Waals surface area contributed by atoms with E-state index < -0.39 is 5.41 Å². The summed E-state index contributed by atoms with van der Waals surface area (Å²) in [4.78, 5) is 17.7. The molecule has 0 saturated carbocycles. The number of carbonyl (C=O) groups is 1. The lowest BCUT2D eigenvalue weighted by molar-refractivity contribution is -0.125. The Kier molecular flexibility index (Phi) is 5.79. The van der Waals surface area contributed by atoms with Gasteiger partial charge in [0, 0.05) is 24.3 Å². The van der Waals surface area contributed by atoms with E-state index in [0.29, 0.717) is 49.3 Å². The monoisotopic (exact) mass is 374 g/mol. The number of carbonyl (C=O) groups excluding carboxylic acids is 1. The predicted octanol–water partition coefficient (Wildman–Crippen LogP) is 4.13. The Morgan fingerprint density at radius 2 is 1.92 bits per heavy atom. The Bertz CT molecular complexity index is 771. The van der Waals surface area contributed by atoms with Gasteiger partial charge in [0.25, 0.3) is 0 Å². The number of hydrogen-bond acceptors (Lipinski definition) is 4. The highest BCUT2D eigenvalue weighted by atomic mass is 35.5. The summed E-state index contributed by atoms with van der Waals surface area (Å²) in [6.07, 6.45) is 1.26. The summed E-state index contributed by atoms with van der Waals surface area (Å²) in [6, 6.07) is 11.1. The SMILES string of the molecule is CCOc1ccc(NC(=O)C2(c3ccc(Cl)cc3)CCOCC2)c(C)n1. The number of nitrogens with zero attached hydrogens (tertiary/aromatic N) is 1. The highest BCUT2D eigenvalue weighted by Crippen LogP contribution is 2.37. The Morgan fingerprint density at radius 1 is 1.23 bits per heavy atom. The van der Waals surface area contributed by atoms with Crippen LogP contribution in [0.15, 0.2) is 36.4 Å². The maximum absolute atomic E-state index is 13.3. The number of halogens is 1. The molecule has 0 unspecified atom stereocenters. The molecule has 2 aromatic rings. The summed E-state index contributed by atoms with van der Waals surface area (Å²) in [5, 5.41) is 3.71. The van der Waals surface area contributed by atoms with Gasteiger partial charge in [0.05, 0.1) is 23.4 Å². The van der Waals surface area contributed by atoms with E-state index >= 15 is 0 Å². The Balaban J connectivity index is 1.88. The summed E-state index contributed by atoms with van der Waals surface area (Å²) < 4.78 is 10.9. The standard InChI is InChI=1S/C20H23ClN2O3/c1-3-26-18-9-8-17(14(2)22-18)23-19(24)20(10-12-25-13-11-20)15-4-6-16(21)7-5-15/h4-9H,3,10-13H2,1-2H3,(H,23,24). The number of aryl methyl sites for hydroxylation is 1. The quantitative estimate of drug-likeness (QED) is 0.854. The average Bonchev–Trinajstić information content (AvgIpc) is 2.65. The molecule has 3 rings (SSSR count). The fraction of sp³-hybridized carbons (Fsp3) is 0.400. The van der Waals surface area contributed by atoms with Gasteiger partial charge in [-0.25, -0.2) is 4.98 Å². The number of amides is 1. The molecule has 26 heavy (non-hydrogen) atoms. The first kappa shape index (κ1) is 18.7. The van der Waals surface area contributed by atoms with Gasteiger partial charge in [0.1, 0.15) is 0 Å². The second kappa shape index (κ2) is 8.06. The molecule has 1 N–H and O–H groups in total. The molecule has 0 bridgehead atoms. The molecule has 2 heterocycles. The summed E-state index contributed by atoms with van der Waals surface area (Å²) >= 11 is 6.02. The number of ether oxygens (including phenoxy) is 2. The van der Waals surface area contributed by atoms with Crippen molar-refractivity contribution in [1.29, 1.82) is 0 Å². The van der Waals surface area contributed by atoms with Gasteiger partial charge in [-0.15, -0.1) is 0 Å². The number of anilines is 1. The molecule has 1 aliphatic heterocycles. The second-order valence-corrected chi connectivity index (χ2v) is 6.81. The zero-order valence-corrected chi connectivity index (χ0v) is 15.8. The van der Waals surface area contributed by atoms with Crippen LogP contribution in [-0.4, -0.2) is 30.7 Å². The smallest absolute Gasteiger partial charge is 0.235 e. The van der Waals surface area contributed by atoms with Crippen molar-refractivity contribution in [3.05, 3.63) is 52.7 Å². The summed E-state index contributed by atoms with van der Waals surface area (Å²) in [6.45, 7) is 5.43. The van der Waals surface area contributed by atoms with Crippen molar-refractivity contribution in [1.82, 2.24) is 4.98 Å². The van der Waals surface area contributed by atoms with Gasteiger partial charge in [0.15, 0.2) is 0 Å². The third kappa shape index (κ3) is 3.84. The van der Waals surface area contributed by atoms with E-state index in [-0.39, 0.29) is 5.91 Å². The first-order valence-corrected chi connectivity index (χ1v) is 9.18. The molecule has 138 valence electrons. The first-order chi connectivity index (χ1) is 12.5. The van der Waals surface area contributed by atoms with Gasteiger partial charge in [-0.3, -0.25) is 4.79 Å². The van der Waals surface area contributed by atoms with Gasteiger partial charge >= 0.3 is 0 Å². The average molecular weight is 375 g/mol. The van der Waals surface area contributed by atoms with Crippen LogP contribution in [0.5, 0.6) is 5.88 Å². The molecule has 0 aliphatic carbocycles. The highest BCUT2D eigenvalue weighted by molar-refractivity contribution is 6.30. The molecule has 0 radical (unpaired) electrons. The van der Waals surface area contributed by atoms with Crippen molar-refractivity contribution in [2.75, 3.05) is 25.1 Å². The van der Waals surface area contributed by atoms with Crippen LogP contribution in [0.2, 0.25) is 5.02 Å². The minimum absolute atomic E-state index is 0.0443. The van der Waals surface area contributed by atoms with E-state index in [1.165, 1.54) is 0 Å². The van der Waals surface area contributed by atoms with Gasteiger partial charge in [-0.1, -0.05) is 23.7 Å². The zero-order valence-electron chi connectivity index (χ0n) is 15.0. The molecule has 5 nitrogen and oxygen atoms in total. The lowest BCUT2D eigenvalue weighted by Crippen LogP contribution is -2.45. The normalized spacial score (nSPS) is 16.1. The maximum atomic E-state index is 13.3. The third-order valence-corrected chi connectivity index (χ3v) is 5.03. The van der Waals surface area contributed by atoms with E-state index in [1.54, 1.807) is 6.07 Å². The van der Waals surface area contributed by atoms with Crippen LogP contribution in [0.25, 0.3) is 0 Å². The zero-order chi connectivity index (χ0) is 18.6. The highest BCUT2D eigenvalue weighted by Gasteiger charge is 2.41. The second-order valence-electron chi connectivity index (χ2n) is 6.37. The Morgan fingerprint density at radius 3 is 2.54 bits per heavy atom. The van der Waals surface area contributed by atoms with Crippen LogP contribution in [0.4, 0.5) is 5.69 Å². The fourth-order valence-electron chi connectivity index (χ4n) is 3.28. The van der Waals surface area contributed by atoms with Crippen LogP contribution < -0.4 is 10.1 Å². The van der Waals surface area contributed by atoms with Crippen molar-refractivity contribution < 1.29 is 14.3 Å². The van der Waals surface area contributed by atoms with E-state index in [2.05, 4.69) is 10.3 Å². The van der Waals surface area contributed by atoms with Gasteiger partial charge in [-0.2, -0.15) is 0 Å². The lowest BCUT2D eigenvalue weighted by Gasteiger charge is -2.36. The molecule has 1 amide bonds. The van der Waals surface area contributed by atoms with Crippen molar-refractivity contribution in [2.45, 2.75) is 32.1 Å². The van der Waals surface area contributed by atoms with Crippen LogP contribution >= 0.6 is 11.6 Å². The molecule has 1 aliphatic rings. The number of hydrogen-bond donors (Lipinski definition) is 1. The van der Waals surface area contributed by atoms with E-state index in [4.69, 9.17) is 21.1 Å². The molecular formula is C20H23ClN2O3. The predicted molar refractivity (Wildman–Crippen MR) is 102 cm³/mol. The van der Waals surface area contributed by atoms with Crippen molar-refractivity contribution in [3.63, 3.8) is 0 Å². The molecule has 6 heteroatoms. The maximum Gasteiger partial charge on any atom is 0.235 e.